The second kappa shape index (κ2) is 8.95. The van der Waals surface area contributed by atoms with E-state index in [0.29, 0.717) is 18.6 Å². The summed E-state index contributed by atoms with van der Waals surface area (Å²) in [6, 6.07) is 16.6. The summed E-state index contributed by atoms with van der Waals surface area (Å²) in [5, 5.41) is 9.77. The summed E-state index contributed by atoms with van der Waals surface area (Å²) in [6.45, 7) is 5.60. The van der Waals surface area contributed by atoms with Crippen LogP contribution < -0.4 is 5.73 Å². The Bertz CT molecular complexity index is 924. The van der Waals surface area contributed by atoms with Gasteiger partial charge in [0.1, 0.15) is 5.82 Å². The lowest BCUT2D eigenvalue weighted by atomic mass is 9.84. The van der Waals surface area contributed by atoms with Crippen LogP contribution in [0.5, 0.6) is 0 Å². The van der Waals surface area contributed by atoms with E-state index in [2.05, 4.69) is 6.07 Å². The first-order valence-corrected chi connectivity index (χ1v) is 10.1. The van der Waals surface area contributed by atoms with Gasteiger partial charge in [0.15, 0.2) is 0 Å². The number of amides is 1. The van der Waals surface area contributed by atoms with Crippen LogP contribution in [0.25, 0.3) is 0 Å². The van der Waals surface area contributed by atoms with Gasteiger partial charge < -0.3 is 15.4 Å². The Morgan fingerprint density at radius 3 is 2.60 bits per heavy atom. The number of rotatable bonds is 6. The fraction of sp³-hybridized carbons (Fsp3) is 0.417. The third-order valence-electron chi connectivity index (χ3n) is 5.71. The number of benzene rings is 2. The van der Waals surface area contributed by atoms with Crippen LogP contribution in [-0.4, -0.2) is 29.0 Å². The summed E-state index contributed by atoms with van der Waals surface area (Å²) in [6.07, 6.45) is 0.0693. The Labute approximate surface area is 177 Å². The van der Waals surface area contributed by atoms with E-state index in [1.165, 1.54) is 12.1 Å². The van der Waals surface area contributed by atoms with E-state index in [9.17, 15) is 14.4 Å². The highest BCUT2D eigenvalue weighted by molar-refractivity contribution is 5.82. The van der Waals surface area contributed by atoms with E-state index in [1.807, 2.05) is 30.3 Å². The highest BCUT2D eigenvalue weighted by Crippen LogP contribution is 2.45. The first-order chi connectivity index (χ1) is 14.2. The molecule has 3 rings (SSSR count). The molecule has 0 aliphatic carbocycles. The third-order valence-corrected chi connectivity index (χ3v) is 5.71. The number of carbonyl (C=O) groups excluding carboxylic acids is 1. The monoisotopic (exact) mass is 409 g/mol. The number of nitrogens with zero attached hydrogens (tertiary/aromatic N) is 2. The zero-order valence-corrected chi connectivity index (χ0v) is 17.6. The number of nitriles is 1. The first kappa shape index (κ1) is 21.9. The van der Waals surface area contributed by atoms with Crippen molar-refractivity contribution < 1.29 is 13.9 Å². The summed E-state index contributed by atoms with van der Waals surface area (Å²) in [5.74, 6) is -0.658. The quantitative estimate of drug-likeness (QED) is 0.783. The molecule has 0 radical (unpaired) electrons. The smallest absolute Gasteiger partial charge is 0.240 e. The SMILES string of the molecule is C[C@@H](N)C(=O)N1[C@H](c2cccc(F)c2)[C@H](OCc2ccccc2)C[C@@H]1C(C)(C)C#N. The molecule has 0 spiro atoms. The molecule has 5 nitrogen and oxygen atoms in total. The second-order valence-corrected chi connectivity index (χ2v) is 8.45. The van der Waals surface area contributed by atoms with Crippen LogP contribution in [0.2, 0.25) is 0 Å². The van der Waals surface area contributed by atoms with Crippen molar-refractivity contribution in [2.45, 2.75) is 58.0 Å². The molecule has 0 unspecified atom stereocenters. The number of carbonyl (C=O) groups is 1. The zero-order valence-electron chi connectivity index (χ0n) is 17.6. The van der Waals surface area contributed by atoms with E-state index in [-0.39, 0.29) is 11.7 Å². The molecule has 1 saturated heterocycles. The van der Waals surface area contributed by atoms with E-state index in [4.69, 9.17) is 10.5 Å². The lowest BCUT2D eigenvalue weighted by Crippen LogP contribution is -2.50. The van der Waals surface area contributed by atoms with Crippen molar-refractivity contribution in [2.75, 3.05) is 0 Å². The van der Waals surface area contributed by atoms with E-state index >= 15 is 0 Å². The molecule has 30 heavy (non-hydrogen) atoms. The predicted octanol–water partition coefficient (Wildman–Crippen LogP) is 3.95. The molecular formula is C24H28FN3O2. The fourth-order valence-corrected chi connectivity index (χ4v) is 4.08. The number of nitrogens with two attached hydrogens (primary N) is 1. The summed E-state index contributed by atoms with van der Waals surface area (Å²) < 4.78 is 20.3. The van der Waals surface area contributed by atoms with Crippen LogP contribution in [0, 0.1) is 22.6 Å². The Hall–Kier alpha value is -2.75. The zero-order chi connectivity index (χ0) is 21.9. The average Bonchev–Trinajstić information content (AvgIpc) is 3.12. The van der Waals surface area contributed by atoms with Crippen molar-refractivity contribution in [1.82, 2.24) is 4.90 Å². The Morgan fingerprint density at radius 1 is 1.30 bits per heavy atom. The van der Waals surface area contributed by atoms with Crippen LogP contribution in [0.4, 0.5) is 4.39 Å². The molecule has 0 bridgehead atoms. The van der Waals surface area contributed by atoms with Crippen molar-refractivity contribution in [3.8, 4) is 6.07 Å². The van der Waals surface area contributed by atoms with Gasteiger partial charge in [-0.15, -0.1) is 0 Å². The minimum atomic E-state index is -0.818. The average molecular weight is 410 g/mol. The van der Waals surface area contributed by atoms with Gasteiger partial charge in [-0.25, -0.2) is 4.39 Å². The molecule has 1 amide bonds. The fourth-order valence-electron chi connectivity index (χ4n) is 4.08. The minimum Gasteiger partial charge on any atom is -0.371 e. The van der Waals surface area contributed by atoms with Crippen molar-refractivity contribution >= 4 is 5.91 Å². The van der Waals surface area contributed by atoms with Gasteiger partial charge in [0.2, 0.25) is 5.91 Å². The van der Waals surface area contributed by atoms with E-state index < -0.39 is 29.6 Å². The van der Waals surface area contributed by atoms with E-state index in [1.54, 1.807) is 37.8 Å². The molecule has 2 N–H and O–H groups in total. The Balaban J connectivity index is 2.02. The van der Waals surface area contributed by atoms with Gasteiger partial charge in [0.25, 0.3) is 0 Å². The van der Waals surface area contributed by atoms with Gasteiger partial charge in [0.05, 0.1) is 42.3 Å². The number of likely N-dealkylation sites (tertiary alicyclic amines) is 1. The lowest BCUT2D eigenvalue weighted by Gasteiger charge is -2.37. The van der Waals surface area contributed by atoms with Crippen LogP contribution >= 0.6 is 0 Å². The summed E-state index contributed by atoms with van der Waals surface area (Å²) in [5.41, 5.74) is 6.78. The Morgan fingerprint density at radius 2 is 2.00 bits per heavy atom. The highest BCUT2D eigenvalue weighted by atomic mass is 19.1. The maximum absolute atomic E-state index is 14.1. The van der Waals surface area contributed by atoms with Gasteiger partial charge in [-0.05, 0) is 50.5 Å². The maximum atomic E-state index is 14.1. The molecule has 1 aliphatic heterocycles. The van der Waals surface area contributed by atoms with Gasteiger partial charge in [-0.2, -0.15) is 5.26 Å². The van der Waals surface area contributed by atoms with Gasteiger partial charge >= 0.3 is 0 Å². The van der Waals surface area contributed by atoms with Crippen LogP contribution in [0.3, 0.4) is 0 Å². The van der Waals surface area contributed by atoms with Crippen molar-refractivity contribution in [3.05, 3.63) is 71.5 Å². The van der Waals surface area contributed by atoms with Crippen LogP contribution in [0.15, 0.2) is 54.6 Å². The summed E-state index contributed by atoms with van der Waals surface area (Å²) >= 11 is 0. The molecule has 1 aliphatic rings. The first-order valence-electron chi connectivity index (χ1n) is 10.1. The van der Waals surface area contributed by atoms with Gasteiger partial charge in [0, 0.05) is 0 Å². The molecule has 1 fully saturated rings. The largest absolute Gasteiger partial charge is 0.371 e. The molecule has 0 saturated carbocycles. The van der Waals surface area contributed by atoms with Crippen molar-refractivity contribution in [2.24, 2.45) is 11.1 Å². The summed E-state index contributed by atoms with van der Waals surface area (Å²) in [4.78, 5) is 14.8. The molecule has 1 heterocycles. The van der Waals surface area contributed by atoms with Crippen LogP contribution in [0.1, 0.15) is 44.4 Å². The molecule has 2 aromatic rings. The molecule has 6 heteroatoms. The minimum absolute atomic E-state index is 0.275. The highest BCUT2D eigenvalue weighted by Gasteiger charge is 2.51. The number of halogens is 1. The van der Waals surface area contributed by atoms with Crippen molar-refractivity contribution in [1.29, 1.82) is 5.26 Å². The standard InChI is InChI=1S/C24H28FN3O2/c1-16(27)23(29)28-21(24(2,3)15-26)13-20(30-14-17-8-5-4-6-9-17)22(28)18-10-7-11-19(25)12-18/h4-12,16,20-22H,13-14,27H2,1-3H3/t16-,20-,21-,22-/m1/s1. The number of hydrogen-bond acceptors (Lipinski definition) is 4. The van der Waals surface area contributed by atoms with Gasteiger partial charge in [-0.3, -0.25) is 4.79 Å². The summed E-state index contributed by atoms with van der Waals surface area (Å²) in [7, 11) is 0. The second-order valence-electron chi connectivity index (χ2n) is 8.45. The predicted molar refractivity (Wildman–Crippen MR) is 112 cm³/mol. The van der Waals surface area contributed by atoms with Crippen molar-refractivity contribution in [3.63, 3.8) is 0 Å². The molecule has 4 atom stereocenters. The van der Waals surface area contributed by atoms with Crippen LogP contribution in [-0.2, 0) is 16.1 Å². The normalized spacial score (nSPS) is 22.5. The Kier molecular flexibility index (Phi) is 6.55. The van der Waals surface area contributed by atoms with E-state index in [0.717, 1.165) is 5.56 Å². The topological polar surface area (TPSA) is 79.3 Å². The molecule has 0 aromatic heterocycles. The molecular weight excluding hydrogens is 381 g/mol. The number of hydrogen-bond donors (Lipinski definition) is 1. The maximum Gasteiger partial charge on any atom is 0.240 e. The number of ether oxygens (including phenoxy) is 1. The molecule has 2 aromatic carbocycles. The lowest BCUT2D eigenvalue weighted by molar-refractivity contribution is -0.138. The molecule has 158 valence electrons. The third kappa shape index (κ3) is 4.53. The van der Waals surface area contributed by atoms with Gasteiger partial charge in [-0.1, -0.05) is 42.5 Å².